The Kier molecular flexibility index (Phi) is 4.03. The van der Waals surface area contributed by atoms with Gasteiger partial charge in [-0.2, -0.15) is 0 Å². The average Bonchev–Trinajstić information content (AvgIpc) is 3.25. The lowest BCUT2D eigenvalue weighted by molar-refractivity contribution is -0.0102. The molecule has 5 aliphatic carbocycles. The molecule has 0 amide bonds. The summed E-state index contributed by atoms with van der Waals surface area (Å²) in [5, 5.41) is 3.70. The molecular weight excluding hydrogens is 318 g/mol. The number of benzene rings is 1. The van der Waals surface area contributed by atoms with E-state index in [0.29, 0.717) is 17.9 Å². The Morgan fingerprint density at radius 3 is 2.12 bits per heavy atom. The highest BCUT2D eigenvalue weighted by molar-refractivity contribution is 5.85. The van der Waals surface area contributed by atoms with Crippen LogP contribution in [0.2, 0.25) is 0 Å². The van der Waals surface area contributed by atoms with E-state index in [9.17, 15) is 0 Å². The first-order chi connectivity index (χ1) is 11.2. The molecule has 5 saturated carbocycles. The smallest absolute Gasteiger partial charge is 0.189 e. The molecule has 130 valence electrons. The first kappa shape index (κ1) is 16.3. The summed E-state index contributed by atoms with van der Waals surface area (Å²) in [4.78, 5) is 4.81. The second kappa shape index (κ2) is 5.94. The monoisotopic (exact) mass is 345 g/mol. The van der Waals surface area contributed by atoms with E-state index in [-0.39, 0.29) is 17.9 Å². The number of halogens is 1. The van der Waals surface area contributed by atoms with Gasteiger partial charge in [0.2, 0.25) is 0 Å². The van der Waals surface area contributed by atoms with Gasteiger partial charge in [0.15, 0.2) is 5.96 Å². The number of aliphatic imine (C=N–C) groups is 1. The molecule has 3 N–H and O–H groups in total. The Bertz CT molecular complexity index is 592. The Morgan fingerprint density at radius 1 is 0.958 bits per heavy atom. The van der Waals surface area contributed by atoms with Crippen molar-refractivity contribution >= 4 is 18.4 Å². The number of hydrogen-bond acceptors (Lipinski definition) is 1. The SMILES string of the molecule is Cl.NC(=NC1C[C@H]1c1ccccc1)NC12CC3CC(CC(C3)C1)C2. The molecular formula is C20H28ClN3. The molecule has 1 aromatic rings. The predicted octanol–water partition coefficient (Wildman–Crippen LogP) is 3.84. The third-order valence-corrected chi connectivity index (χ3v) is 6.72. The highest BCUT2D eigenvalue weighted by Gasteiger charge is 2.51. The van der Waals surface area contributed by atoms with Crippen LogP contribution in [0, 0.1) is 17.8 Å². The Morgan fingerprint density at radius 2 is 1.54 bits per heavy atom. The minimum absolute atomic E-state index is 0. The Balaban J connectivity index is 0.00000146. The van der Waals surface area contributed by atoms with Crippen LogP contribution >= 0.6 is 12.4 Å². The van der Waals surface area contributed by atoms with E-state index in [1.54, 1.807) is 0 Å². The predicted molar refractivity (Wildman–Crippen MR) is 100 cm³/mol. The summed E-state index contributed by atoms with van der Waals surface area (Å²) in [7, 11) is 0. The third-order valence-electron chi connectivity index (χ3n) is 6.72. The second-order valence-corrected chi connectivity index (χ2v) is 8.66. The molecule has 1 aromatic carbocycles. The van der Waals surface area contributed by atoms with Gasteiger partial charge in [-0.15, -0.1) is 12.4 Å². The van der Waals surface area contributed by atoms with Crippen molar-refractivity contribution in [2.75, 3.05) is 0 Å². The highest BCUT2D eigenvalue weighted by Crippen LogP contribution is 2.55. The van der Waals surface area contributed by atoms with E-state index in [2.05, 4.69) is 35.6 Å². The van der Waals surface area contributed by atoms with Crippen LogP contribution in [0.25, 0.3) is 0 Å². The van der Waals surface area contributed by atoms with E-state index < -0.39 is 0 Å². The van der Waals surface area contributed by atoms with Crippen molar-refractivity contribution in [1.29, 1.82) is 0 Å². The molecule has 0 radical (unpaired) electrons. The van der Waals surface area contributed by atoms with E-state index in [0.717, 1.165) is 24.2 Å². The summed E-state index contributed by atoms with van der Waals surface area (Å²) in [5.74, 6) is 4.11. The lowest BCUT2D eigenvalue weighted by Gasteiger charge is -2.57. The number of hydrogen-bond donors (Lipinski definition) is 2. The van der Waals surface area contributed by atoms with Crippen LogP contribution in [0.1, 0.15) is 56.4 Å². The molecule has 1 unspecified atom stereocenters. The zero-order valence-corrected chi connectivity index (χ0v) is 15.0. The quantitative estimate of drug-likeness (QED) is 0.646. The van der Waals surface area contributed by atoms with Gasteiger partial charge < -0.3 is 11.1 Å². The Hall–Kier alpha value is -1.22. The minimum Gasteiger partial charge on any atom is -0.370 e. The highest BCUT2D eigenvalue weighted by atomic mass is 35.5. The third kappa shape index (κ3) is 2.92. The molecule has 0 aliphatic heterocycles. The number of nitrogens with one attached hydrogen (secondary N) is 1. The summed E-state index contributed by atoms with van der Waals surface area (Å²) in [6.45, 7) is 0. The molecule has 0 heterocycles. The zero-order chi connectivity index (χ0) is 15.4. The molecule has 5 fully saturated rings. The van der Waals surface area contributed by atoms with Crippen molar-refractivity contribution in [3.05, 3.63) is 35.9 Å². The second-order valence-electron chi connectivity index (χ2n) is 8.66. The maximum Gasteiger partial charge on any atom is 0.189 e. The number of nitrogens with zero attached hydrogens (tertiary/aromatic N) is 1. The minimum atomic E-state index is 0. The molecule has 0 aromatic heterocycles. The van der Waals surface area contributed by atoms with Gasteiger partial charge in [0.05, 0.1) is 6.04 Å². The van der Waals surface area contributed by atoms with Gasteiger partial charge in [-0.05, 0) is 68.3 Å². The van der Waals surface area contributed by atoms with Gasteiger partial charge in [-0.3, -0.25) is 0 Å². The van der Waals surface area contributed by atoms with Crippen molar-refractivity contribution in [2.24, 2.45) is 28.5 Å². The van der Waals surface area contributed by atoms with Crippen LogP contribution in [0.4, 0.5) is 0 Å². The van der Waals surface area contributed by atoms with E-state index in [4.69, 9.17) is 10.7 Å². The molecule has 5 aliphatic rings. The van der Waals surface area contributed by atoms with E-state index in [1.165, 1.54) is 44.1 Å². The lowest BCUT2D eigenvalue weighted by Crippen LogP contribution is -2.61. The fourth-order valence-corrected chi connectivity index (χ4v) is 6.13. The van der Waals surface area contributed by atoms with Crippen LogP contribution in [0.15, 0.2) is 35.3 Å². The van der Waals surface area contributed by atoms with Crippen LogP contribution in [0.3, 0.4) is 0 Å². The maximum atomic E-state index is 6.32. The molecule has 3 nitrogen and oxygen atoms in total. The number of rotatable bonds is 3. The van der Waals surface area contributed by atoms with E-state index >= 15 is 0 Å². The topological polar surface area (TPSA) is 50.4 Å². The summed E-state index contributed by atoms with van der Waals surface area (Å²) in [5.41, 5.74) is 8.00. The molecule has 0 spiro atoms. The van der Waals surface area contributed by atoms with Crippen molar-refractivity contribution in [3.8, 4) is 0 Å². The largest absolute Gasteiger partial charge is 0.370 e. The summed E-state index contributed by atoms with van der Waals surface area (Å²) < 4.78 is 0. The lowest BCUT2D eigenvalue weighted by atomic mass is 9.53. The fourth-order valence-electron chi connectivity index (χ4n) is 6.13. The summed E-state index contributed by atoms with van der Waals surface area (Å²) in [6.07, 6.45) is 9.52. The van der Waals surface area contributed by atoms with Crippen molar-refractivity contribution in [1.82, 2.24) is 5.32 Å². The van der Waals surface area contributed by atoms with Crippen molar-refractivity contribution in [2.45, 2.75) is 62.4 Å². The Labute approximate surface area is 150 Å². The number of nitrogens with two attached hydrogens (primary N) is 1. The first-order valence-electron chi connectivity index (χ1n) is 9.35. The fraction of sp³-hybridized carbons (Fsp3) is 0.650. The standard InChI is InChI=1S/C20H27N3.ClH/c21-19(22-18-9-17(18)16-4-2-1-3-5-16)23-20-10-13-6-14(11-20)8-15(7-13)12-20;/h1-5,13-15,17-18H,6-12H2,(H3,21,22,23);1H/t13?,14?,15?,17-,18?,20?;/m0./s1. The van der Waals surface area contributed by atoms with Gasteiger partial charge in [-0.25, -0.2) is 4.99 Å². The van der Waals surface area contributed by atoms with Crippen LogP contribution in [-0.4, -0.2) is 17.5 Å². The van der Waals surface area contributed by atoms with Gasteiger partial charge in [0.1, 0.15) is 0 Å². The zero-order valence-electron chi connectivity index (χ0n) is 14.2. The maximum absolute atomic E-state index is 6.32. The summed E-state index contributed by atoms with van der Waals surface area (Å²) in [6, 6.07) is 11.1. The molecule has 2 atom stereocenters. The van der Waals surface area contributed by atoms with Gasteiger partial charge in [0.25, 0.3) is 0 Å². The van der Waals surface area contributed by atoms with Crippen molar-refractivity contribution in [3.63, 3.8) is 0 Å². The molecule has 24 heavy (non-hydrogen) atoms. The van der Waals surface area contributed by atoms with Crippen LogP contribution in [-0.2, 0) is 0 Å². The molecule has 6 rings (SSSR count). The average molecular weight is 346 g/mol. The molecule has 4 heteroatoms. The van der Waals surface area contributed by atoms with E-state index in [1.807, 2.05) is 0 Å². The number of guanidine groups is 1. The van der Waals surface area contributed by atoms with Crippen LogP contribution in [0.5, 0.6) is 0 Å². The first-order valence-corrected chi connectivity index (χ1v) is 9.35. The van der Waals surface area contributed by atoms with Crippen LogP contribution < -0.4 is 11.1 Å². The summed E-state index contributed by atoms with van der Waals surface area (Å²) >= 11 is 0. The normalized spacial score (nSPS) is 42.5. The van der Waals surface area contributed by atoms with Gasteiger partial charge in [0, 0.05) is 11.5 Å². The molecule has 4 bridgehead atoms. The van der Waals surface area contributed by atoms with Crippen molar-refractivity contribution < 1.29 is 0 Å². The molecule has 0 saturated heterocycles. The van der Waals surface area contributed by atoms with Gasteiger partial charge >= 0.3 is 0 Å². The van der Waals surface area contributed by atoms with Gasteiger partial charge in [-0.1, -0.05) is 30.3 Å².